The van der Waals surface area contributed by atoms with Crippen molar-refractivity contribution in [1.82, 2.24) is 10.5 Å². The lowest BCUT2D eigenvalue weighted by atomic mass is 10.2. The number of benzene rings is 1. The summed E-state index contributed by atoms with van der Waals surface area (Å²) in [5.74, 6) is 0.341. The Morgan fingerprint density at radius 1 is 1.23 bits per heavy atom. The first-order chi connectivity index (χ1) is 12.7. The number of nitrogens with one attached hydrogen (secondary N) is 1. The van der Waals surface area contributed by atoms with Crippen LogP contribution in [0.4, 0.5) is 0 Å². The van der Waals surface area contributed by atoms with Gasteiger partial charge in [0.05, 0.1) is 12.0 Å². The molecule has 0 saturated carbocycles. The van der Waals surface area contributed by atoms with Crippen molar-refractivity contribution in [3.05, 3.63) is 59.1 Å². The van der Waals surface area contributed by atoms with Crippen molar-refractivity contribution in [2.24, 2.45) is 0 Å². The van der Waals surface area contributed by atoms with E-state index in [9.17, 15) is 9.59 Å². The first-order valence-corrected chi connectivity index (χ1v) is 8.61. The summed E-state index contributed by atoms with van der Waals surface area (Å²) < 4.78 is 15.3. The number of thiophene rings is 1. The van der Waals surface area contributed by atoms with Crippen molar-refractivity contribution in [1.29, 1.82) is 0 Å². The number of carbonyl (C=O) groups excluding carboxylic acids is 2. The molecule has 0 aliphatic rings. The van der Waals surface area contributed by atoms with Gasteiger partial charge in [-0.1, -0.05) is 11.2 Å². The second-order valence-corrected chi connectivity index (χ2v) is 6.18. The van der Waals surface area contributed by atoms with E-state index in [1.165, 1.54) is 11.3 Å². The molecule has 26 heavy (non-hydrogen) atoms. The zero-order chi connectivity index (χ0) is 18.4. The highest BCUT2D eigenvalue weighted by Gasteiger charge is 2.12. The molecule has 0 fully saturated rings. The van der Waals surface area contributed by atoms with Crippen LogP contribution in [0, 0.1) is 0 Å². The number of hydrogen-bond acceptors (Lipinski definition) is 7. The van der Waals surface area contributed by atoms with Crippen LogP contribution in [0.25, 0.3) is 10.6 Å². The zero-order valence-electron chi connectivity index (χ0n) is 13.9. The van der Waals surface area contributed by atoms with Crippen LogP contribution in [0.5, 0.6) is 5.75 Å². The fourth-order valence-electron chi connectivity index (χ4n) is 2.12. The fourth-order valence-corrected chi connectivity index (χ4v) is 2.79. The minimum absolute atomic E-state index is 0.0217. The lowest BCUT2D eigenvalue weighted by Crippen LogP contribution is -2.30. The highest BCUT2D eigenvalue weighted by atomic mass is 32.1. The predicted octanol–water partition coefficient (Wildman–Crippen LogP) is 2.88. The molecule has 0 radical (unpaired) electrons. The summed E-state index contributed by atoms with van der Waals surface area (Å²) in [7, 11) is 1.54. The molecule has 2 aromatic heterocycles. The van der Waals surface area contributed by atoms with E-state index >= 15 is 0 Å². The van der Waals surface area contributed by atoms with Crippen molar-refractivity contribution in [3.63, 3.8) is 0 Å². The third kappa shape index (κ3) is 4.48. The number of methoxy groups -OCH3 is 1. The molecular weight excluding hydrogens is 356 g/mol. The van der Waals surface area contributed by atoms with Gasteiger partial charge in [0, 0.05) is 11.6 Å². The first-order valence-electron chi connectivity index (χ1n) is 7.73. The molecule has 3 aromatic rings. The molecule has 8 heteroatoms. The van der Waals surface area contributed by atoms with Crippen LogP contribution >= 0.6 is 11.3 Å². The molecule has 3 rings (SSSR count). The summed E-state index contributed by atoms with van der Waals surface area (Å²) in [6.07, 6.45) is 0. The van der Waals surface area contributed by atoms with Gasteiger partial charge >= 0.3 is 5.97 Å². The van der Waals surface area contributed by atoms with E-state index in [0.717, 1.165) is 4.88 Å². The van der Waals surface area contributed by atoms with Gasteiger partial charge < -0.3 is 19.3 Å². The quantitative estimate of drug-likeness (QED) is 0.641. The van der Waals surface area contributed by atoms with Crippen LogP contribution in [0.3, 0.4) is 0 Å². The number of carbonyl (C=O) groups is 2. The summed E-state index contributed by atoms with van der Waals surface area (Å²) in [6, 6.07) is 12.1. The van der Waals surface area contributed by atoms with Crippen molar-refractivity contribution in [2.45, 2.75) is 6.61 Å². The van der Waals surface area contributed by atoms with Gasteiger partial charge in [0.15, 0.2) is 5.76 Å². The lowest BCUT2D eigenvalue weighted by Gasteiger charge is -2.06. The average Bonchev–Trinajstić information content (AvgIpc) is 3.36. The van der Waals surface area contributed by atoms with Gasteiger partial charge in [0.2, 0.25) is 0 Å². The van der Waals surface area contributed by atoms with Crippen LogP contribution in [0.15, 0.2) is 52.4 Å². The maximum Gasteiger partial charge on any atom is 0.325 e. The second-order valence-electron chi connectivity index (χ2n) is 5.23. The molecule has 0 aliphatic heterocycles. The minimum atomic E-state index is -0.562. The number of aromatic nitrogens is 1. The monoisotopic (exact) mass is 372 g/mol. The molecule has 1 aromatic carbocycles. The van der Waals surface area contributed by atoms with Crippen molar-refractivity contribution in [3.8, 4) is 16.4 Å². The van der Waals surface area contributed by atoms with Gasteiger partial charge in [-0.25, -0.2) is 0 Å². The lowest BCUT2D eigenvalue weighted by molar-refractivity contribution is -0.143. The second kappa shape index (κ2) is 8.30. The number of esters is 1. The summed E-state index contributed by atoms with van der Waals surface area (Å²) in [4.78, 5) is 24.7. The molecule has 0 bridgehead atoms. The standard InChI is InChI=1S/C18H16N2O5S/c1-23-14-6-4-12(5-7-14)18(22)19-10-17(21)24-11-13-9-15(25-20-13)16-3-2-8-26-16/h2-9H,10-11H2,1H3,(H,19,22). The van der Waals surface area contributed by atoms with Gasteiger partial charge in [-0.15, -0.1) is 11.3 Å². The average molecular weight is 372 g/mol. The van der Waals surface area contributed by atoms with Gasteiger partial charge in [-0.2, -0.15) is 0 Å². The Balaban J connectivity index is 1.44. The van der Waals surface area contributed by atoms with E-state index in [1.807, 2.05) is 17.5 Å². The molecule has 2 heterocycles. The summed E-state index contributed by atoms with van der Waals surface area (Å²) in [6.45, 7) is -0.257. The van der Waals surface area contributed by atoms with Gasteiger partial charge in [0.25, 0.3) is 5.91 Å². The van der Waals surface area contributed by atoms with Crippen LogP contribution in [0.2, 0.25) is 0 Å². The van der Waals surface area contributed by atoms with Crippen LogP contribution in [-0.4, -0.2) is 30.7 Å². The van der Waals surface area contributed by atoms with E-state index in [4.69, 9.17) is 14.0 Å². The normalized spacial score (nSPS) is 10.3. The van der Waals surface area contributed by atoms with Crippen molar-refractivity contribution < 1.29 is 23.6 Å². The van der Waals surface area contributed by atoms with E-state index < -0.39 is 5.97 Å². The minimum Gasteiger partial charge on any atom is -0.497 e. The van der Waals surface area contributed by atoms with Gasteiger partial charge in [-0.05, 0) is 35.7 Å². The molecule has 0 unspecified atom stereocenters. The van der Waals surface area contributed by atoms with Crippen molar-refractivity contribution in [2.75, 3.05) is 13.7 Å². The van der Waals surface area contributed by atoms with Crippen LogP contribution in [-0.2, 0) is 16.1 Å². The third-order valence-electron chi connectivity index (χ3n) is 3.45. The largest absolute Gasteiger partial charge is 0.497 e. The fraction of sp³-hybridized carbons (Fsp3) is 0.167. The van der Waals surface area contributed by atoms with Crippen LogP contribution < -0.4 is 10.1 Å². The third-order valence-corrected chi connectivity index (χ3v) is 4.33. The number of ether oxygens (including phenoxy) is 2. The van der Waals surface area contributed by atoms with E-state index in [-0.39, 0.29) is 19.1 Å². The molecular formula is C18H16N2O5S. The number of amides is 1. The first kappa shape index (κ1) is 17.7. The van der Waals surface area contributed by atoms with Gasteiger partial charge in [-0.3, -0.25) is 9.59 Å². The summed E-state index contributed by atoms with van der Waals surface area (Å²) in [5.41, 5.74) is 0.930. The summed E-state index contributed by atoms with van der Waals surface area (Å²) in [5, 5.41) is 8.30. The summed E-state index contributed by atoms with van der Waals surface area (Å²) >= 11 is 1.53. The molecule has 134 valence electrons. The van der Waals surface area contributed by atoms with E-state index in [0.29, 0.717) is 22.8 Å². The Morgan fingerprint density at radius 3 is 2.73 bits per heavy atom. The number of hydrogen-bond donors (Lipinski definition) is 1. The predicted molar refractivity (Wildman–Crippen MR) is 94.9 cm³/mol. The van der Waals surface area contributed by atoms with Crippen LogP contribution in [0.1, 0.15) is 16.1 Å². The molecule has 0 atom stereocenters. The molecule has 7 nitrogen and oxygen atoms in total. The number of rotatable bonds is 7. The Labute approximate surface area is 153 Å². The van der Waals surface area contributed by atoms with Crippen molar-refractivity contribution >= 4 is 23.2 Å². The molecule has 0 spiro atoms. The van der Waals surface area contributed by atoms with E-state index in [1.54, 1.807) is 37.4 Å². The Morgan fingerprint density at radius 2 is 2.04 bits per heavy atom. The molecule has 1 amide bonds. The van der Waals surface area contributed by atoms with Gasteiger partial charge in [0.1, 0.15) is 24.6 Å². The Kier molecular flexibility index (Phi) is 5.65. The number of nitrogens with zero attached hydrogens (tertiary/aromatic N) is 1. The van der Waals surface area contributed by atoms with E-state index in [2.05, 4.69) is 10.5 Å². The highest BCUT2D eigenvalue weighted by Crippen LogP contribution is 2.25. The molecule has 0 aliphatic carbocycles. The molecule has 1 N–H and O–H groups in total. The topological polar surface area (TPSA) is 90.7 Å². The Hall–Kier alpha value is -3.13. The smallest absolute Gasteiger partial charge is 0.325 e. The Bertz CT molecular complexity index is 871. The maximum atomic E-state index is 12.0. The SMILES string of the molecule is COc1ccc(C(=O)NCC(=O)OCc2cc(-c3cccs3)on2)cc1. The molecule has 0 saturated heterocycles. The maximum absolute atomic E-state index is 12.0. The highest BCUT2D eigenvalue weighted by molar-refractivity contribution is 7.13. The zero-order valence-corrected chi connectivity index (χ0v) is 14.7.